The largest absolute Gasteiger partial charge is 0.474 e. The summed E-state index contributed by atoms with van der Waals surface area (Å²) < 4.78 is 32.1. The van der Waals surface area contributed by atoms with E-state index >= 15 is 0 Å². The van der Waals surface area contributed by atoms with Gasteiger partial charge in [-0.3, -0.25) is 0 Å². The molecule has 1 aliphatic rings. The zero-order chi connectivity index (χ0) is 23.0. The highest BCUT2D eigenvalue weighted by Crippen LogP contribution is 2.33. The first-order valence-electron chi connectivity index (χ1n) is 10.5. The molecule has 0 bridgehead atoms. The molecular weight excluding hydrogens is 464 g/mol. The van der Waals surface area contributed by atoms with E-state index in [0.29, 0.717) is 29.0 Å². The van der Waals surface area contributed by atoms with Crippen LogP contribution in [0, 0.1) is 0 Å². The molecule has 0 saturated carbocycles. The van der Waals surface area contributed by atoms with Crippen LogP contribution >= 0.6 is 11.3 Å². The molecule has 1 amide bonds. The summed E-state index contributed by atoms with van der Waals surface area (Å²) in [6.45, 7) is 3.03. The molecule has 2 aromatic heterocycles. The van der Waals surface area contributed by atoms with Crippen molar-refractivity contribution in [1.82, 2.24) is 9.97 Å². The summed E-state index contributed by atoms with van der Waals surface area (Å²) >= 11 is 1.59. The molecule has 9 nitrogen and oxygen atoms in total. The molecule has 1 fully saturated rings. The van der Waals surface area contributed by atoms with E-state index in [1.807, 2.05) is 17.5 Å². The Morgan fingerprint density at radius 3 is 2.88 bits per heavy atom. The summed E-state index contributed by atoms with van der Waals surface area (Å²) in [6, 6.07) is 10.6. The molecule has 0 spiro atoms. The van der Waals surface area contributed by atoms with Crippen LogP contribution in [0.5, 0.6) is 5.88 Å². The maximum Gasteiger partial charge on any atom is 0.441 e. The van der Waals surface area contributed by atoms with Crippen molar-refractivity contribution in [3.05, 3.63) is 48.0 Å². The number of carbonyl (C=O) groups excluding carboxylic acids is 1. The molecule has 1 aromatic carbocycles. The first kappa shape index (κ1) is 23.1. The predicted octanol–water partition coefficient (Wildman–Crippen LogP) is 4.69. The number of hydrogen-bond donors (Lipinski definition) is 2. The summed E-state index contributed by atoms with van der Waals surface area (Å²) in [5, 5.41) is 5.12. The van der Waals surface area contributed by atoms with Gasteiger partial charge in [-0.15, -0.1) is 15.7 Å². The van der Waals surface area contributed by atoms with Crippen molar-refractivity contribution in [3.63, 3.8) is 0 Å². The number of hydrogen-bond acceptors (Lipinski definition) is 9. The normalized spacial score (nSPS) is 16.5. The summed E-state index contributed by atoms with van der Waals surface area (Å²) in [4.78, 5) is 21.8. The lowest BCUT2D eigenvalue weighted by Gasteiger charge is -2.14. The average Bonchev–Trinajstić information content (AvgIpc) is 3.53. The molecule has 2 atom stereocenters. The minimum absolute atomic E-state index is 0.0714. The maximum absolute atomic E-state index is 12.2. The molecule has 3 aromatic rings. The van der Waals surface area contributed by atoms with Crippen molar-refractivity contribution in [2.75, 3.05) is 25.1 Å². The predicted molar refractivity (Wildman–Crippen MR) is 127 cm³/mol. The number of nitrogens with one attached hydrogen (secondary N) is 1. The number of aromatic nitrogens is 2. The van der Waals surface area contributed by atoms with Crippen LogP contribution < -0.4 is 10.1 Å². The van der Waals surface area contributed by atoms with E-state index in [9.17, 15) is 9.00 Å². The van der Waals surface area contributed by atoms with Crippen LogP contribution in [0.2, 0.25) is 0 Å². The van der Waals surface area contributed by atoms with Gasteiger partial charge >= 0.3 is 6.09 Å². The Bertz CT molecular complexity index is 1160. The molecule has 1 aliphatic heterocycles. The number of amides is 1. The molecular formula is C22H24N4O5S2. The van der Waals surface area contributed by atoms with Gasteiger partial charge in [-0.05, 0) is 55.5 Å². The SMILES string of the molecule is CCOC(=O)N=[SH](=O)c1ccc(Nc2ncc(-c3cccs3)c(OCC3CCCO3)n2)cc1. The van der Waals surface area contributed by atoms with Gasteiger partial charge in [0.1, 0.15) is 6.61 Å². The van der Waals surface area contributed by atoms with Gasteiger partial charge in [0.25, 0.3) is 0 Å². The van der Waals surface area contributed by atoms with E-state index in [1.54, 1.807) is 48.7 Å². The summed E-state index contributed by atoms with van der Waals surface area (Å²) in [5.41, 5.74) is 1.51. The Kier molecular flexibility index (Phi) is 7.87. The summed E-state index contributed by atoms with van der Waals surface area (Å²) in [7, 11) is -2.23. The van der Waals surface area contributed by atoms with E-state index in [1.165, 1.54) is 0 Å². The average molecular weight is 489 g/mol. The second-order valence-electron chi connectivity index (χ2n) is 7.08. The number of nitrogens with zero attached hydrogens (tertiary/aromatic N) is 3. The van der Waals surface area contributed by atoms with Gasteiger partial charge < -0.3 is 19.5 Å². The number of benzene rings is 1. The van der Waals surface area contributed by atoms with Crippen LogP contribution in [0.15, 0.2) is 57.2 Å². The Labute approximate surface area is 197 Å². The lowest BCUT2D eigenvalue weighted by molar-refractivity contribution is 0.0666. The molecule has 0 aliphatic carbocycles. The molecule has 11 heteroatoms. The van der Waals surface area contributed by atoms with Gasteiger partial charge in [-0.25, -0.2) is 14.0 Å². The van der Waals surface area contributed by atoms with E-state index in [2.05, 4.69) is 19.6 Å². The summed E-state index contributed by atoms with van der Waals surface area (Å²) in [5.74, 6) is 0.851. The minimum atomic E-state index is -2.23. The standard InChI is InChI=1S/C22H24N4O5S2/c1-2-29-22(27)26-33(28)17-9-7-15(8-10-17)24-21-23-13-18(19-6-4-12-32-19)20(25-21)31-14-16-5-3-11-30-16/h4,6-10,12-13,16,33H,2-3,5,11,14H2,1H3,(H,23,24,25). The van der Waals surface area contributed by atoms with Crippen LogP contribution in [-0.2, 0) is 20.1 Å². The zero-order valence-electron chi connectivity index (χ0n) is 18.0. The molecule has 3 heterocycles. The number of rotatable bonds is 8. The van der Waals surface area contributed by atoms with Gasteiger partial charge in [0, 0.05) is 28.3 Å². The van der Waals surface area contributed by atoms with Crippen LogP contribution in [-0.4, -0.2) is 46.2 Å². The third-order valence-electron chi connectivity index (χ3n) is 4.75. The second-order valence-corrected chi connectivity index (χ2v) is 9.29. The number of carbonyl (C=O) groups is 1. The fourth-order valence-electron chi connectivity index (χ4n) is 3.17. The van der Waals surface area contributed by atoms with E-state index in [0.717, 1.165) is 29.9 Å². The smallest absolute Gasteiger partial charge is 0.441 e. The highest BCUT2D eigenvalue weighted by molar-refractivity contribution is 7.75. The zero-order valence-corrected chi connectivity index (χ0v) is 19.7. The lowest BCUT2D eigenvalue weighted by atomic mass is 10.2. The Morgan fingerprint density at radius 2 is 2.18 bits per heavy atom. The van der Waals surface area contributed by atoms with Crippen LogP contribution in [0.4, 0.5) is 16.4 Å². The molecule has 33 heavy (non-hydrogen) atoms. The number of ether oxygens (including phenoxy) is 3. The fourth-order valence-corrected chi connectivity index (χ4v) is 4.62. The highest BCUT2D eigenvalue weighted by Gasteiger charge is 2.19. The third kappa shape index (κ3) is 6.28. The number of thiol groups is 1. The Morgan fingerprint density at radius 1 is 1.33 bits per heavy atom. The Hall–Kier alpha value is -3.02. The van der Waals surface area contributed by atoms with Crippen molar-refractivity contribution in [2.24, 2.45) is 4.36 Å². The van der Waals surface area contributed by atoms with E-state index in [-0.39, 0.29) is 12.7 Å². The van der Waals surface area contributed by atoms with Gasteiger partial charge in [0.05, 0.1) is 28.9 Å². The van der Waals surface area contributed by atoms with Gasteiger partial charge in [0.15, 0.2) is 0 Å². The number of anilines is 2. The topological polar surface area (TPSA) is 112 Å². The quantitative estimate of drug-likeness (QED) is 0.439. The van der Waals surface area contributed by atoms with Crippen molar-refractivity contribution >= 4 is 39.7 Å². The Balaban J connectivity index is 1.49. The van der Waals surface area contributed by atoms with Crippen LogP contribution in [0.25, 0.3) is 10.4 Å². The fraction of sp³-hybridized carbons (Fsp3) is 0.318. The van der Waals surface area contributed by atoms with E-state index < -0.39 is 16.7 Å². The first-order valence-corrected chi connectivity index (χ1v) is 12.6. The first-order chi connectivity index (χ1) is 16.1. The monoisotopic (exact) mass is 488 g/mol. The van der Waals surface area contributed by atoms with Crippen molar-refractivity contribution < 1.29 is 23.2 Å². The van der Waals surface area contributed by atoms with E-state index in [4.69, 9.17) is 14.2 Å². The van der Waals surface area contributed by atoms with Crippen molar-refractivity contribution in [1.29, 1.82) is 0 Å². The molecule has 1 saturated heterocycles. The van der Waals surface area contributed by atoms with Crippen molar-refractivity contribution in [2.45, 2.75) is 30.8 Å². The molecule has 0 radical (unpaired) electrons. The highest BCUT2D eigenvalue weighted by atomic mass is 32.2. The van der Waals surface area contributed by atoms with Gasteiger partial charge in [-0.2, -0.15) is 4.98 Å². The van der Waals surface area contributed by atoms with Gasteiger partial charge in [0.2, 0.25) is 11.8 Å². The lowest BCUT2D eigenvalue weighted by Crippen LogP contribution is -2.17. The number of thiophene rings is 1. The molecule has 2 unspecified atom stereocenters. The molecule has 4 rings (SSSR count). The molecule has 174 valence electrons. The third-order valence-corrected chi connectivity index (χ3v) is 6.74. The van der Waals surface area contributed by atoms with Crippen LogP contribution in [0.1, 0.15) is 19.8 Å². The van der Waals surface area contributed by atoms with Gasteiger partial charge in [-0.1, -0.05) is 6.07 Å². The van der Waals surface area contributed by atoms with Crippen molar-refractivity contribution in [3.8, 4) is 16.3 Å². The van der Waals surface area contributed by atoms with Crippen LogP contribution in [0.3, 0.4) is 0 Å². The molecule has 1 N–H and O–H groups in total. The summed E-state index contributed by atoms with van der Waals surface area (Å²) in [6.07, 6.45) is 2.98. The maximum atomic E-state index is 12.2. The minimum Gasteiger partial charge on any atom is -0.474 e. The second kappa shape index (κ2) is 11.2.